The highest BCUT2D eigenvalue weighted by atomic mass is 32.1. The van der Waals surface area contributed by atoms with Gasteiger partial charge in [-0.2, -0.15) is 13.2 Å². The number of ether oxygens (including phenoxy) is 1. The summed E-state index contributed by atoms with van der Waals surface area (Å²) in [6, 6.07) is 0. The molecule has 1 heterocycles. The molecule has 1 aromatic heterocycles. The third-order valence-electron chi connectivity index (χ3n) is 1.08. The predicted octanol–water partition coefficient (Wildman–Crippen LogP) is 3.33. The molecular formula is C8H12F3NOS. The maximum atomic E-state index is 11.9. The van der Waals surface area contributed by atoms with Crippen LogP contribution in [0, 0.1) is 0 Å². The van der Waals surface area contributed by atoms with Crippen LogP contribution in [-0.4, -0.2) is 12.1 Å². The van der Waals surface area contributed by atoms with Crippen molar-refractivity contribution in [3.8, 4) is 0 Å². The summed E-state index contributed by atoms with van der Waals surface area (Å²) in [5.74, 6) is 0. The van der Waals surface area contributed by atoms with Crippen molar-refractivity contribution >= 4 is 11.3 Å². The molecule has 0 radical (unpaired) electrons. The van der Waals surface area contributed by atoms with E-state index in [1.54, 1.807) is 0 Å². The van der Waals surface area contributed by atoms with Gasteiger partial charge in [-0.05, 0) is 0 Å². The predicted molar refractivity (Wildman–Crippen MR) is 49.2 cm³/mol. The summed E-state index contributed by atoms with van der Waals surface area (Å²) < 4.78 is 40.5. The molecule has 82 valence electrons. The minimum absolute atomic E-state index is 0.174. The van der Waals surface area contributed by atoms with Gasteiger partial charge in [0.2, 0.25) is 0 Å². The van der Waals surface area contributed by atoms with Gasteiger partial charge in [-0.1, -0.05) is 13.8 Å². The highest BCUT2D eigenvalue weighted by Gasteiger charge is 2.34. The van der Waals surface area contributed by atoms with E-state index in [1.165, 1.54) is 13.3 Å². The fourth-order valence-electron chi connectivity index (χ4n) is 0.648. The smallest absolute Gasteiger partial charge is 0.379 e. The summed E-state index contributed by atoms with van der Waals surface area (Å²) in [6.45, 7) is 4.17. The molecule has 0 unspecified atom stereocenters. The second-order valence-corrected chi connectivity index (χ2v) is 3.18. The lowest BCUT2D eigenvalue weighted by Gasteiger charge is -1.98. The van der Waals surface area contributed by atoms with E-state index in [0.29, 0.717) is 16.2 Å². The van der Waals surface area contributed by atoms with E-state index in [4.69, 9.17) is 0 Å². The molecule has 0 fully saturated rings. The van der Waals surface area contributed by atoms with Crippen molar-refractivity contribution in [3.63, 3.8) is 0 Å². The molecule has 0 amide bonds. The fraction of sp³-hybridized carbons (Fsp3) is 0.625. The molecule has 0 aliphatic heterocycles. The van der Waals surface area contributed by atoms with Crippen molar-refractivity contribution in [2.45, 2.75) is 26.6 Å². The first kappa shape index (κ1) is 13.4. The molecule has 0 atom stereocenters. The van der Waals surface area contributed by atoms with Crippen LogP contribution in [0.2, 0.25) is 0 Å². The Labute approximate surface area is 84.7 Å². The van der Waals surface area contributed by atoms with Crippen molar-refractivity contribution in [2.24, 2.45) is 0 Å². The maximum Gasteiger partial charge on any atom is 0.443 e. The van der Waals surface area contributed by atoms with Crippen LogP contribution < -0.4 is 0 Å². The number of aromatic nitrogens is 1. The van der Waals surface area contributed by atoms with Crippen LogP contribution in [0.25, 0.3) is 0 Å². The van der Waals surface area contributed by atoms with Gasteiger partial charge in [0.1, 0.15) is 0 Å². The van der Waals surface area contributed by atoms with Crippen LogP contribution in [0.1, 0.15) is 23.7 Å². The monoisotopic (exact) mass is 227 g/mol. The van der Waals surface area contributed by atoms with Crippen molar-refractivity contribution in [3.05, 3.63) is 16.1 Å². The highest BCUT2D eigenvalue weighted by Crippen LogP contribution is 2.32. The summed E-state index contributed by atoms with van der Waals surface area (Å²) in [4.78, 5) is 3.70. The Hall–Kier alpha value is -0.620. The summed E-state index contributed by atoms with van der Waals surface area (Å²) >= 11 is 0.603. The summed E-state index contributed by atoms with van der Waals surface area (Å²) in [5, 5.41) is -0.824. The van der Waals surface area contributed by atoms with E-state index in [0.717, 1.165) is 0 Å². The van der Waals surface area contributed by atoms with Crippen LogP contribution in [-0.2, 0) is 17.5 Å². The lowest BCUT2D eigenvalue weighted by Crippen LogP contribution is -2.02. The quantitative estimate of drug-likeness (QED) is 0.773. The molecule has 0 aliphatic rings. The first-order valence-corrected chi connectivity index (χ1v) is 4.86. The van der Waals surface area contributed by atoms with E-state index < -0.39 is 11.2 Å². The van der Waals surface area contributed by atoms with Gasteiger partial charge in [-0.25, -0.2) is 4.98 Å². The molecule has 0 spiro atoms. The first-order chi connectivity index (χ1) is 6.54. The number of hydrogen-bond donors (Lipinski definition) is 0. The van der Waals surface area contributed by atoms with Gasteiger partial charge in [0.25, 0.3) is 0 Å². The van der Waals surface area contributed by atoms with Gasteiger partial charge >= 0.3 is 6.18 Å². The van der Waals surface area contributed by atoms with Crippen molar-refractivity contribution < 1.29 is 17.9 Å². The lowest BCUT2D eigenvalue weighted by molar-refractivity contribution is -0.137. The molecular weight excluding hydrogens is 215 g/mol. The normalized spacial score (nSPS) is 10.7. The van der Waals surface area contributed by atoms with Crippen LogP contribution in [0.3, 0.4) is 0 Å². The van der Waals surface area contributed by atoms with Crippen molar-refractivity contribution in [2.75, 3.05) is 7.11 Å². The van der Waals surface area contributed by atoms with E-state index >= 15 is 0 Å². The fourth-order valence-corrected chi connectivity index (χ4v) is 1.40. The maximum absolute atomic E-state index is 11.9. The number of rotatable bonds is 2. The van der Waals surface area contributed by atoms with E-state index in [1.807, 2.05) is 13.8 Å². The Morgan fingerprint density at radius 1 is 1.43 bits per heavy atom. The second kappa shape index (κ2) is 5.98. The topological polar surface area (TPSA) is 22.1 Å². The zero-order valence-electron chi connectivity index (χ0n) is 8.18. The van der Waals surface area contributed by atoms with Crippen LogP contribution in [0.4, 0.5) is 13.2 Å². The number of nitrogens with zero attached hydrogens (tertiary/aromatic N) is 1. The standard InChI is InChI=1S/C6H6F3NOS.C2H6/c1-11-3-4-2-10-5(12-4)6(7,8)9;1-2/h2H,3H2,1H3;1-2H3. The summed E-state index contributed by atoms with van der Waals surface area (Å²) in [6.07, 6.45) is -3.16. The minimum atomic E-state index is -4.34. The SMILES string of the molecule is CC.COCc1cnc(C(F)(F)F)s1. The number of hydrogen-bond acceptors (Lipinski definition) is 3. The molecule has 14 heavy (non-hydrogen) atoms. The lowest BCUT2D eigenvalue weighted by atomic mass is 10.6. The average molecular weight is 227 g/mol. The Bertz CT molecular complexity index is 259. The van der Waals surface area contributed by atoms with Gasteiger partial charge in [-0.15, -0.1) is 11.3 Å². The van der Waals surface area contributed by atoms with Crippen molar-refractivity contribution in [1.82, 2.24) is 4.98 Å². The number of methoxy groups -OCH3 is 1. The molecule has 0 aliphatic carbocycles. The zero-order chi connectivity index (χ0) is 11.2. The first-order valence-electron chi connectivity index (χ1n) is 4.05. The van der Waals surface area contributed by atoms with E-state index in [-0.39, 0.29) is 6.61 Å². The Balaban J connectivity index is 0.000000791. The van der Waals surface area contributed by atoms with E-state index in [2.05, 4.69) is 9.72 Å². The van der Waals surface area contributed by atoms with Gasteiger partial charge in [0.15, 0.2) is 5.01 Å². The molecule has 1 rings (SSSR count). The summed E-state index contributed by atoms with van der Waals surface area (Å²) in [7, 11) is 1.42. The van der Waals surface area contributed by atoms with Gasteiger partial charge in [0, 0.05) is 13.3 Å². The molecule has 0 N–H and O–H groups in total. The largest absolute Gasteiger partial charge is 0.443 e. The number of alkyl halides is 3. The van der Waals surface area contributed by atoms with Gasteiger partial charge in [-0.3, -0.25) is 0 Å². The Kier molecular flexibility index (Phi) is 5.71. The third kappa shape index (κ3) is 4.06. The molecule has 2 nitrogen and oxygen atoms in total. The van der Waals surface area contributed by atoms with Crippen LogP contribution >= 0.6 is 11.3 Å². The Morgan fingerprint density at radius 3 is 2.36 bits per heavy atom. The van der Waals surface area contributed by atoms with Gasteiger partial charge < -0.3 is 4.74 Å². The molecule has 0 saturated heterocycles. The van der Waals surface area contributed by atoms with E-state index in [9.17, 15) is 13.2 Å². The third-order valence-corrected chi connectivity index (χ3v) is 2.10. The highest BCUT2D eigenvalue weighted by molar-refractivity contribution is 7.11. The number of halogens is 3. The summed E-state index contributed by atoms with van der Waals surface area (Å²) in [5.41, 5.74) is 0. The Morgan fingerprint density at radius 2 is 2.00 bits per heavy atom. The molecule has 0 aromatic carbocycles. The molecule has 0 saturated carbocycles. The number of thiazole rings is 1. The molecule has 1 aromatic rings. The van der Waals surface area contributed by atoms with Gasteiger partial charge in [0.05, 0.1) is 11.5 Å². The second-order valence-electron chi connectivity index (χ2n) is 2.06. The average Bonchev–Trinajstić information content (AvgIpc) is 2.56. The zero-order valence-corrected chi connectivity index (χ0v) is 9.00. The minimum Gasteiger partial charge on any atom is -0.379 e. The van der Waals surface area contributed by atoms with Crippen LogP contribution in [0.15, 0.2) is 6.20 Å². The van der Waals surface area contributed by atoms with Crippen molar-refractivity contribution in [1.29, 1.82) is 0 Å². The molecule has 6 heteroatoms. The molecule has 0 bridgehead atoms. The van der Waals surface area contributed by atoms with Crippen LogP contribution in [0.5, 0.6) is 0 Å².